The largest absolute Gasteiger partial charge is 0.308 e. The van der Waals surface area contributed by atoms with Gasteiger partial charge in [-0.25, -0.2) is 4.39 Å². The van der Waals surface area contributed by atoms with E-state index >= 15 is 0 Å². The van der Waals surface area contributed by atoms with Gasteiger partial charge in [-0.05, 0) is 24.1 Å². The van der Waals surface area contributed by atoms with E-state index < -0.39 is 0 Å². The van der Waals surface area contributed by atoms with Gasteiger partial charge in [0.15, 0.2) is 0 Å². The Morgan fingerprint density at radius 1 is 1.17 bits per heavy atom. The average Bonchev–Trinajstić information content (AvgIpc) is 3.18. The zero-order valence-corrected chi connectivity index (χ0v) is 10.0. The molecule has 1 N–H and O–H groups in total. The molecule has 0 aliphatic heterocycles. The molecular weight excluding hydrogens is 227 g/mol. The van der Waals surface area contributed by atoms with E-state index in [0.29, 0.717) is 24.2 Å². The van der Waals surface area contributed by atoms with Crippen LogP contribution in [0.3, 0.4) is 0 Å². The molecular formula is C15H15FN2. The second-order valence-corrected chi connectivity index (χ2v) is 4.67. The quantitative estimate of drug-likeness (QED) is 0.891. The third-order valence-corrected chi connectivity index (χ3v) is 3.38. The van der Waals surface area contributed by atoms with Crippen molar-refractivity contribution in [3.63, 3.8) is 0 Å². The fraction of sp³-hybridized carbons (Fsp3) is 0.267. The predicted molar refractivity (Wildman–Crippen MR) is 68.6 cm³/mol. The van der Waals surface area contributed by atoms with Gasteiger partial charge in [0.1, 0.15) is 5.82 Å². The summed E-state index contributed by atoms with van der Waals surface area (Å²) in [4.78, 5) is 4.04. The summed E-state index contributed by atoms with van der Waals surface area (Å²) in [6, 6.07) is 14.0. The number of hydrogen-bond donors (Lipinski definition) is 1. The zero-order valence-electron chi connectivity index (χ0n) is 10.0. The summed E-state index contributed by atoms with van der Waals surface area (Å²) in [6.45, 7) is 0.501. The molecule has 1 fully saturated rings. The molecule has 3 heteroatoms. The fourth-order valence-electron chi connectivity index (χ4n) is 2.27. The van der Waals surface area contributed by atoms with Crippen molar-refractivity contribution in [3.8, 4) is 0 Å². The molecule has 0 amide bonds. The Labute approximate surface area is 106 Å². The Morgan fingerprint density at radius 2 is 2.00 bits per heavy atom. The number of aromatic nitrogens is 1. The molecule has 18 heavy (non-hydrogen) atoms. The number of halogens is 1. The molecule has 0 spiro atoms. The highest BCUT2D eigenvalue weighted by Gasteiger charge is 2.37. The maximum absolute atomic E-state index is 13.4. The lowest BCUT2D eigenvalue weighted by atomic mass is 10.1. The molecule has 2 atom stereocenters. The van der Waals surface area contributed by atoms with Crippen LogP contribution in [0, 0.1) is 5.82 Å². The van der Waals surface area contributed by atoms with Crippen molar-refractivity contribution in [1.29, 1.82) is 0 Å². The first-order valence-corrected chi connectivity index (χ1v) is 6.22. The van der Waals surface area contributed by atoms with Crippen molar-refractivity contribution in [2.75, 3.05) is 0 Å². The molecule has 0 bridgehead atoms. The van der Waals surface area contributed by atoms with Gasteiger partial charge in [0, 0.05) is 24.7 Å². The minimum Gasteiger partial charge on any atom is -0.308 e. The minimum absolute atomic E-state index is 0.234. The lowest BCUT2D eigenvalue weighted by Crippen LogP contribution is -2.18. The molecule has 1 aromatic heterocycles. The number of benzene rings is 1. The van der Waals surface area contributed by atoms with Gasteiger partial charge in [0.2, 0.25) is 0 Å². The monoisotopic (exact) mass is 242 g/mol. The molecule has 1 aliphatic carbocycles. The predicted octanol–water partition coefficient (Wildman–Crippen LogP) is 2.87. The van der Waals surface area contributed by atoms with Crippen molar-refractivity contribution in [2.24, 2.45) is 0 Å². The first-order chi connectivity index (χ1) is 8.84. The number of nitrogens with one attached hydrogen (secondary N) is 1. The smallest absolute Gasteiger partial charge is 0.146 e. The summed E-state index contributed by atoms with van der Waals surface area (Å²) in [5.74, 6) is 0.333. The molecule has 2 unspecified atom stereocenters. The minimum atomic E-state index is -0.234. The topological polar surface area (TPSA) is 24.9 Å². The van der Waals surface area contributed by atoms with E-state index in [0.717, 1.165) is 6.42 Å². The van der Waals surface area contributed by atoms with E-state index in [9.17, 15) is 4.39 Å². The first-order valence-electron chi connectivity index (χ1n) is 6.22. The SMILES string of the molecule is Fc1cccnc1CNC1CC1c1ccccc1. The van der Waals surface area contributed by atoms with Crippen LogP contribution in [-0.2, 0) is 6.54 Å². The normalized spacial score (nSPS) is 21.8. The van der Waals surface area contributed by atoms with Crippen LogP contribution in [0.4, 0.5) is 4.39 Å². The van der Waals surface area contributed by atoms with Gasteiger partial charge >= 0.3 is 0 Å². The molecule has 1 heterocycles. The number of pyridine rings is 1. The first kappa shape index (κ1) is 11.4. The Hall–Kier alpha value is -1.74. The fourth-order valence-corrected chi connectivity index (χ4v) is 2.27. The van der Waals surface area contributed by atoms with Crippen molar-refractivity contribution in [1.82, 2.24) is 10.3 Å². The van der Waals surface area contributed by atoms with E-state index in [1.807, 2.05) is 6.07 Å². The zero-order chi connectivity index (χ0) is 12.4. The Balaban J connectivity index is 1.56. The lowest BCUT2D eigenvalue weighted by molar-refractivity contribution is 0.570. The van der Waals surface area contributed by atoms with Crippen LogP contribution >= 0.6 is 0 Å². The van der Waals surface area contributed by atoms with Gasteiger partial charge in [-0.3, -0.25) is 4.98 Å². The highest BCUT2D eigenvalue weighted by molar-refractivity contribution is 5.27. The van der Waals surface area contributed by atoms with Crippen LogP contribution in [-0.4, -0.2) is 11.0 Å². The maximum atomic E-state index is 13.4. The van der Waals surface area contributed by atoms with Gasteiger partial charge in [-0.15, -0.1) is 0 Å². The molecule has 3 rings (SSSR count). The standard InChI is InChI=1S/C15H15FN2/c16-13-7-4-8-17-15(13)10-18-14-9-12(14)11-5-2-1-3-6-11/h1-8,12,14,18H,9-10H2. The van der Waals surface area contributed by atoms with Crippen molar-refractivity contribution in [3.05, 3.63) is 65.7 Å². The van der Waals surface area contributed by atoms with Crippen LogP contribution in [0.5, 0.6) is 0 Å². The molecule has 1 aromatic carbocycles. The molecule has 0 radical (unpaired) electrons. The third kappa shape index (κ3) is 2.41. The van der Waals surface area contributed by atoms with E-state index in [-0.39, 0.29) is 5.82 Å². The van der Waals surface area contributed by atoms with Gasteiger partial charge < -0.3 is 5.32 Å². The molecule has 1 saturated carbocycles. The van der Waals surface area contributed by atoms with Gasteiger partial charge in [0.25, 0.3) is 0 Å². The summed E-state index contributed by atoms with van der Waals surface area (Å²) < 4.78 is 13.4. The van der Waals surface area contributed by atoms with Crippen molar-refractivity contribution in [2.45, 2.75) is 24.9 Å². The average molecular weight is 242 g/mol. The number of rotatable bonds is 4. The second kappa shape index (κ2) is 4.86. The molecule has 1 aliphatic rings. The van der Waals surface area contributed by atoms with Crippen LogP contribution in [0.15, 0.2) is 48.7 Å². The van der Waals surface area contributed by atoms with E-state index in [1.54, 1.807) is 12.3 Å². The maximum Gasteiger partial charge on any atom is 0.146 e. The van der Waals surface area contributed by atoms with E-state index in [1.165, 1.54) is 11.6 Å². The summed E-state index contributed by atoms with van der Waals surface area (Å²) in [6.07, 6.45) is 2.75. The van der Waals surface area contributed by atoms with Crippen LogP contribution < -0.4 is 5.32 Å². The van der Waals surface area contributed by atoms with E-state index in [2.05, 4.69) is 34.6 Å². The molecule has 92 valence electrons. The summed E-state index contributed by atoms with van der Waals surface area (Å²) in [5.41, 5.74) is 1.85. The summed E-state index contributed by atoms with van der Waals surface area (Å²) in [7, 11) is 0. The van der Waals surface area contributed by atoms with Crippen molar-refractivity contribution < 1.29 is 4.39 Å². The number of hydrogen-bond acceptors (Lipinski definition) is 2. The number of nitrogens with zero attached hydrogens (tertiary/aromatic N) is 1. The van der Waals surface area contributed by atoms with Crippen LogP contribution in [0.2, 0.25) is 0 Å². The Morgan fingerprint density at radius 3 is 2.78 bits per heavy atom. The lowest BCUT2D eigenvalue weighted by Gasteiger charge is -2.04. The summed E-state index contributed by atoms with van der Waals surface area (Å²) >= 11 is 0. The highest BCUT2D eigenvalue weighted by atomic mass is 19.1. The molecule has 0 saturated heterocycles. The Kier molecular flexibility index (Phi) is 3.07. The van der Waals surface area contributed by atoms with Crippen LogP contribution in [0.1, 0.15) is 23.6 Å². The summed E-state index contributed by atoms with van der Waals surface area (Å²) in [5, 5.41) is 3.36. The van der Waals surface area contributed by atoms with Crippen LogP contribution in [0.25, 0.3) is 0 Å². The van der Waals surface area contributed by atoms with Gasteiger partial charge in [0.05, 0.1) is 5.69 Å². The highest BCUT2D eigenvalue weighted by Crippen LogP contribution is 2.40. The molecule has 2 aromatic rings. The van der Waals surface area contributed by atoms with Gasteiger partial charge in [-0.2, -0.15) is 0 Å². The van der Waals surface area contributed by atoms with E-state index in [4.69, 9.17) is 0 Å². The molecule has 2 nitrogen and oxygen atoms in total. The van der Waals surface area contributed by atoms with Crippen molar-refractivity contribution >= 4 is 0 Å². The third-order valence-electron chi connectivity index (χ3n) is 3.38. The Bertz CT molecular complexity index is 527. The van der Waals surface area contributed by atoms with Gasteiger partial charge in [-0.1, -0.05) is 30.3 Å². The second-order valence-electron chi connectivity index (χ2n) is 4.67.